The van der Waals surface area contributed by atoms with Gasteiger partial charge >= 0.3 is 0 Å². The summed E-state index contributed by atoms with van der Waals surface area (Å²) in [4.78, 5) is 5.56. The van der Waals surface area contributed by atoms with E-state index in [0.29, 0.717) is 5.25 Å². The van der Waals surface area contributed by atoms with Crippen LogP contribution in [0.3, 0.4) is 0 Å². The van der Waals surface area contributed by atoms with Crippen LogP contribution in [0.5, 0.6) is 0 Å². The van der Waals surface area contributed by atoms with Crippen molar-refractivity contribution in [3.63, 3.8) is 0 Å². The number of nitrogens with zero attached hydrogens (tertiary/aromatic N) is 2. The fourth-order valence-electron chi connectivity index (χ4n) is 3.35. The summed E-state index contributed by atoms with van der Waals surface area (Å²) < 4.78 is 2.21. The summed E-state index contributed by atoms with van der Waals surface area (Å²) >= 11 is 4.13. The molecule has 2 nitrogen and oxygen atoms in total. The lowest BCUT2D eigenvalue weighted by Gasteiger charge is -2.17. The molecular weight excluding hydrogens is 380 g/mol. The Bertz CT molecular complexity index is 572. The average molecular weight is 419 g/mol. The molecule has 0 aliphatic rings. The van der Waals surface area contributed by atoms with Gasteiger partial charge in [0.05, 0.1) is 6.33 Å². The first kappa shape index (κ1) is 23.4. The van der Waals surface area contributed by atoms with Gasteiger partial charge in [0, 0.05) is 34.8 Å². The monoisotopic (exact) mass is 418 g/mol. The normalized spacial score (nSPS) is 12.3. The second-order valence-corrected chi connectivity index (χ2v) is 10.1. The Hall–Kier alpha value is -0.870. The molecular formula is C24H38N2S2. The third-order valence-electron chi connectivity index (χ3n) is 4.97. The highest BCUT2D eigenvalue weighted by atomic mass is 32.2. The molecule has 0 radical (unpaired) electrons. The van der Waals surface area contributed by atoms with Gasteiger partial charge in [-0.1, -0.05) is 82.9 Å². The van der Waals surface area contributed by atoms with Crippen molar-refractivity contribution in [3.8, 4) is 0 Å². The second kappa shape index (κ2) is 16.0. The van der Waals surface area contributed by atoms with Gasteiger partial charge in [-0.2, -0.15) is 11.8 Å². The Morgan fingerprint density at radius 2 is 1.57 bits per heavy atom. The van der Waals surface area contributed by atoms with Crippen LogP contribution in [0.4, 0.5) is 0 Å². The van der Waals surface area contributed by atoms with Crippen LogP contribution in [-0.4, -0.2) is 26.3 Å². The van der Waals surface area contributed by atoms with Gasteiger partial charge in [0.25, 0.3) is 0 Å². The van der Waals surface area contributed by atoms with Gasteiger partial charge in [-0.05, 0) is 24.3 Å². The molecule has 0 aliphatic carbocycles. The molecule has 0 saturated heterocycles. The number of hydrogen-bond acceptors (Lipinski definition) is 3. The van der Waals surface area contributed by atoms with Crippen molar-refractivity contribution >= 4 is 23.5 Å². The quantitative estimate of drug-likeness (QED) is 0.194. The summed E-state index contributed by atoms with van der Waals surface area (Å²) in [6.07, 6.45) is 20.1. The van der Waals surface area contributed by atoms with E-state index >= 15 is 0 Å². The van der Waals surface area contributed by atoms with Crippen LogP contribution in [0.2, 0.25) is 0 Å². The van der Waals surface area contributed by atoms with E-state index in [2.05, 4.69) is 64.8 Å². The number of benzene rings is 1. The molecule has 0 fully saturated rings. The molecule has 1 heterocycles. The van der Waals surface area contributed by atoms with Crippen LogP contribution < -0.4 is 0 Å². The van der Waals surface area contributed by atoms with E-state index in [9.17, 15) is 0 Å². The second-order valence-electron chi connectivity index (χ2n) is 7.57. The van der Waals surface area contributed by atoms with Crippen molar-refractivity contribution in [1.29, 1.82) is 0 Å². The highest BCUT2D eigenvalue weighted by molar-refractivity contribution is 8.03. The van der Waals surface area contributed by atoms with Gasteiger partial charge in [0.15, 0.2) is 0 Å². The maximum absolute atomic E-state index is 4.20. The highest BCUT2D eigenvalue weighted by Gasteiger charge is 2.11. The number of unbranched alkanes of at least 4 members (excludes halogenated alkanes) is 9. The Labute approximate surface area is 181 Å². The summed E-state index contributed by atoms with van der Waals surface area (Å²) in [5.74, 6) is 2.50. The zero-order valence-corrected chi connectivity index (χ0v) is 19.2. The number of thioether (sulfide) groups is 2. The van der Waals surface area contributed by atoms with E-state index in [4.69, 9.17) is 0 Å². The maximum Gasteiger partial charge on any atom is 0.0946 e. The Morgan fingerprint density at radius 1 is 0.893 bits per heavy atom. The third kappa shape index (κ3) is 11.2. The predicted molar refractivity (Wildman–Crippen MR) is 127 cm³/mol. The molecule has 156 valence electrons. The molecule has 1 aromatic heterocycles. The Morgan fingerprint density at radius 3 is 2.21 bits per heavy atom. The van der Waals surface area contributed by atoms with Crippen molar-refractivity contribution < 1.29 is 0 Å². The Kier molecular flexibility index (Phi) is 13.4. The molecule has 0 N–H and O–H groups in total. The number of imidazole rings is 1. The van der Waals surface area contributed by atoms with Crippen LogP contribution in [0.15, 0.2) is 53.9 Å². The number of hydrogen-bond donors (Lipinski definition) is 0. The third-order valence-corrected chi connectivity index (χ3v) is 7.59. The summed E-state index contributed by atoms with van der Waals surface area (Å²) in [6, 6.07) is 10.8. The zero-order chi connectivity index (χ0) is 19.7. The standard InChI is InChI=1S/C24H38N2S2/c1-2-3-4-5-6-7-8-9-10-14-19-27-21-24(20-26-18-17-25-22-26)28-23-15-12-11-13-16-23/h11-13,15-18,22,24H,2-10,14,19-21H2,1H3. The Balaban J connectivity index is 1.54. The predicted octanol–water partition coefficient (Wildman–Crippen LogP) is 7.70. The first-order valence-electron chi connectivity index (χ1n) is 11.1. The lowest BCUT2D eigenvalue weighted by atomic mass is 10.1. The molecule has 0 spiro atoms. The minimum absolute atomic E-state index is 0.588. The molecule has 2 aromatic rings. The average Bonchev–Trinajstić information content (AvgIpc) is 3.22. The summed E-state index contributed by atoms with van der Waals surface area (Å²) in [5, 5.41) is 0.588. The van der Waals surface area contributed by atoms with Crippen LogP contribution in [0.25, 0.3) is 0 Å². The lowest BCUT2D eigenvalue weighted by molar-refractivity contribution is 0.563. The van der Waals surface area contributed by atoms with Gasteiger partial charge in [-0.25, -0.2) is 4.98 Å². The molecule has 0 amide bonds. The summed E-state index contributed by atoms with van der Waals surface area (Å²) in [7, 11) is 0. The fraction of sp³-hybridized carbons (Fsp3) is 0.625. The van der Waals surface area contributed by atoms with Crippen molar-refractivity contribution in [2.75, 3.05) is 11.5 Å². The number of rotatable bonds is 17. The van der Waals surface area contributed by atoms with E-state index in [1.54, 1.807) is 0 Å². The van der Waals surface area contributed by atoms with Crippen molar-refractivity contribution in [3.05, 3.63) is 49.1 Å². The van der Waals surface area contributed by atoms with Gasteiger partial charge in [-0.3, -0.25) is 0 Å². The van der Waals surface area contributed by atoms with E-state index in [1.165, 1.54) is 80.6 Å². The van der Waals surface area contributed by atoms with Crippen molar-refractivity contribution in [1.82, 2.24) is 9.55 Å². The topological polar surface area (TPSA) is 17.8 Å². The largest absolute Gasteiger partial charge is 0.336 e. The van der Waals surface area contributed by atoms with E-state index in [0.717, 1.165) is 6.54 Å². The van der Waals surface area contributed by atoms with Crippen LogP contribution in [0.1, 0.15) is 71.1 Å². The molecule has 4 heteroatoms. The first-order chi connectivity index (χ1) is 13.9. The van der Waals surface area contributed by atoms with E-state index in [-0.39, 0.29) is 0 Å². The molecule has 1 atom stereocenters. The number of aromatic nitrogens is 2. The van der Waals surface area contributed by atoms with Crippen molar-refractivity contribution in [2.24, 2.45) is 0 Å². The molecule has 2 rings (SSSR count). The fourth-order valence-corrected chi connectivity index (χ4v) is 5.80. The molecule has 0 aliphatic heterocycles. The molecule has 28 heavy (non-hydrogen) atoms. The highest BCUT2D eigenvalue weighted by Crippen LogP contribution is 2.27. The van der Waals surface area contributed by atoms with Gasteiger partial charge < -0.3 is 4.57 Å². The van der Waals surface area contributed by atoms with Gasteiger partial charge in [0.2, 0.25) is 0 Å². The first-order valence-corrected chi connectivity index (χ1v) is 13.2. The van der Waals surface area contributed by atoms with Crippen LogP contribution in [0, 0.1) is 0 Å². The minimum atomic E-state index is 0.588. The van der Waals surface area contributed by atoms with Crippen molar-refractivity contribution in [2.45, 2.75) is 87.8 Å². The summed E-state index contributed by atoms with van der Waals surface area (Å²) in [6.45, 7) is 3.32. The van der Waals surface area contributed by atoms with Crippen LogP contribution in [-0.2, 0) is 6.54 Å². The maximum atomic E-state index is 4.20. The zero-order valence-electron chi connectivity index (χ0n) is 17.6. The van der Waals surface area contributed by atoms with Crippen LogP contribution >= 0.6 is 23.5 Å². The molecule has 1 unspecified atom stereocenters. The molecule has 0 saturated carbocycles. The van der Waals surface area contributed by atoms with Gasteiger partial charge in [-0.15, -0.1) is 11.8 Å². The van der Waals surface area contributed by atoms with E-state index in [1.807, 2.05) is 24.3 Å². The minimum Gasteiger partial charge on any atom is -0.336 e. The summed E-state index contributed by atoms with van der Waals surface area (Å²) in [5.41, 5.74) is 0. The SMILES string of the molecule is CCCCCCCCCCCCSCC(Cn1ccnc1)Sc1ccccc1. The van der Waals surface area contributed by atoms with E-state index < -0.39 is 0 Å². The smallest absolute Gasteiger partial charge is 0.0946 e. The molecule has 1 aromatic carbocycles. The lowest BCUT2D eigenvalue weighted by Crippen LogP contribution is -2.15. The molecule has 0 bridgehead atoms. The van der Waals surface area contributed by atoms with Gasteiger partial charge in [0.1, 0.15) is 0 Å².